The summed E-state index contributed by atoms with van der Waals surface area (Å²) in [6.07, 6.45) is 5.60. The minimum Gasteiger partial charge on any atom is -0.335 e. The Kier molecular flexibility index (Phi) is 5.36. The van der Waals surface area contributed by atoms with Crippen molar-refractivity contribution in [1.82, 2.24) is 14.8 Å². The number of benzene rings is 1. The lowest BCUT2D eigenvalue weighted by Gasteiger charge is -2.41. The van der Waals surface area contributed by atoms with Gasteiger partial charge in [0, 0.05) is 37.6 Å². The number of nitrogens with zero attached hydrogens (tertiary/aromatic N) is 3. The minimum atomic E-state index is 0.109. The van der Waals surface area contributed by atoms with Crippen molar-refractivity contribution in [2.45, 2.75) is 45.1 Å². The molecule has 1 saturated heterocycles. The van der Waals surface area contributed by atoms with Crippen LogP contribution in [-0.2, 0) is 19.3 Å². The van der Waals surface area contributed by atoms with Gasteiger partial charge in [-0.15, -0.1) is 11.3 Å². The summed E-state index contributed by atoms with van der Waals surface area (Å²) in [6, 6.07) is 9.46. The van der Waals surface area contributed by atoms with Crippen LogP contribution in [0.3, 0.4) is 0 Å². The van der Waals surface area contributed by atoms with Gasteiger partial charge in [-0.1, -0.05) is 31.2 Å². The van der Waals surface area contributed by atoms with Crippen molar-refractivity contribution in [2.24, 2.45) is 0 Å². The van der Waals surface area contributed by atoms with Crippen LogP contribution in [0.4, 0.5) is 0 Å². The number of hydrogen-bond acceptors (Lipinski definition) is 4. The van der Waals surface area contributed by atoms with Crippen LogP contribution in [0.25, 0.3) is 0 Å². The monoisotopic (exact) mass is 369 g/mol. The number of aromatic nitrogens is 1. The molecular weight excluding hydrogens is 342 g/mol. The van der Waals surface area contributed by atoms with Crippen molar-refractivity contribution >= 4 is 17.2 Å². The van der Waals surface area contributed by atoms with Crippen LogP contribution in [0.1, 0.15) is 46.4 Å². The number of rotatable bonds is 4. The van der Waals surface area contributed by atoms with Crippen LogP contribution < -0.4 is 0 Å². The lowest BCUT2D eigenvalue weighted by Crippen LogP contribution is -2.53. The number of aryl methyl sites for hydroxylation is 2. The lowest BCUT2D eigenvalue weighted by atomic mass is 9.87. The number of carbonyl (C=O) groups excluding carboxylic acids is 1. The Bertz CT molecular complexity index is 764. The predicted octanol–water partition coefficient (Wildman–Crippen LogP) is 3.41. The molecule has 1 fully saturated rings. The fourth-order valence-corrected chi connectivity index (χ4v) is 5.05. The molecule has 1 aliphatic carbocycles. The highest BCUT2D eigenvalue weighted by Crippen LogP contribution is 2.25. The Labute approximate surface area is 159 Å². The first-order valence-electron chi connectivity index (χ1n) is 9.79. The molecule has 5 heteroatoms. The third-order valence-electron chi connectivity index (χ3n) is 5.67. The summed E-state index contributed by atoms with van der Waals surface area (Å²) in [4.78, 5) is 21.8. The van der Waals surface area contributed by atoms with Gasteiger partial charge >= 0.3 is 0 Å². The van der Waals surface area contributed by atoms with Gasteiger partial charge in [-0.25, -0.2) is 4.98 Å². The van der Waals surface area contributed by atoms with E-state index in [-0.39, 0.29) is 5.91 Å². The summed E-state index contributed by atoms with van der Waals surface area (Å²) in [7, 11) is 0. The van der Waals surface area contributed by atoms with Crippen LogP contribution >= 0.6 is 11.3 Å². The highest BCUT2D eigenvalue weighted by molar-refractivity contribution is 7.09. The van der Waals surface area contributed by atoms with Crippen molar-refractivity contribution in [1.29, 1.82) is 0 Å². The van der Waals surface area contributed by atoms with E-state index in [0.29, 0.717) is 11.7 Å². The Morgan fingerprint density at radius 2 is 1.96 bits per heavy atom. The Morgan fingerprint density at radius 1 is 1.19 bits per heavy atom. The number of hydrogen-bond donors (Lipinski definition) is 0. The van der Waals surface area contributed by atoms with Gasteiger partial charge in [0.1, 0.15) is 5.69 Å². The van der Waals surface area contributed by atoms with Crippen LogP contribution in [0.15, 0.2) is 29.6 Å². The van der Waals surface area contributed by atoms with E-state index in [4.69, 9.17) is 0 Å². The van der Waals surface area contributed by atoms with Crippen molar-refractivity contribution in [2.75, 3.05) is 26.2 Å². The molecule has 0 N–H and O–H groups in total. The maximum Gasteiger partial charge on any atom is 0.273 e. The molecular formula is C21H27N3OS. The summed E-state index contributed by atoms with van der Waals surface area (Å²) < 4.78 is 0. The van der Waals surface area contributed by atoms with Gasteiger partial charge in [-0.3, -0.25) is 9.69 Å². The number of thiazole rings is 1. The molecule has 138 valence electrons. The molecule has 0 bridgehead atoms. The number of carbonyl (C=O) groups is 1. The predicted molar refractivity (Wildman–Crippen MR) is 106 cm³/mol. The molecule has 1 aliphatic heterocycles. The average Bonchev–Trinajstić information content (AvgIpc) is 3.16. The van der Waals surface area contributed by atoms with Gasteiger partial charge in [0.15, 0.2) is 0 Å². The highest BCUT2D eigenvalue weighted by atomic mass is 32.1. The first-order chi connectivity index (χ1) is 12.7. The molecule has 4 rings (SSSR count). The Morgan fingerprint density at radius 3 is 2.73 bits per heavy atom. The summed E-state index contributed by atoms with van der Waals surface area (Å²) in [5.74, 6) is 0.109. The van der Waals surface area contributed by atoms with E-state index in [2.05, 4.69) is 41.1 Å². The second kappa shape index (κ2) is 7.89. The zero-order valence-electron chi connectivity index (χ0n) is 15.5. The highest BCUT2D eigenvalue weighted by Gasteiger charge is 2.29. The fourth-order valence-electron chi connectivity index (χ4n) is 4.18. The Hall–Kier alpha value is -1.72. The third-order valence-corrected chi connectivity index (χ3v) is 6.58. The van der Waals surface area contributed by atoms with E-state index in [9.17, 15) is 4.79 Å². The van der Waals surface area contributed by atoms with Crippen LogP contribution in [0, 0.1) is 0 Å². The zero-order chi connectivity index (χ0) is 17.9. The lowest BCUT2D eigenvalue weighted by molar-refractivity contribution is 0.0548. The molecule has 0 radical (unpaired) electrons. The number of fused-ring (bicyclic) bond motifs is 1. The molecule has 0 unspecified atom stereocenters. The standard InChI is InChI=1S/C21H27N3OS/c1-2-5-20-22-19(15-26-20)21(25)24-12-10-23(11-13-24)18-9-8-16-6-3-4-7-17(16)14-18/h3-4,6-7,15,18H,2,5,8-14H2,1H3/t18-/m1/s1. The fraction of sp³-hybridized carbons (Fsp3) is 0.524. The zero-order valence-corrected chi connectivity index (χ0v) is 16.3. The van der Waals surface area contributed by atoms with E-state index < -0.39 is 0 Å². The molecule has 0 saturated carbocycles. The maximum absolute atomic E-state index is 12.7. The largest absolute Gasteiger partial charge is 0.335 e. The molecule has 2 aromatic rings. The smallest absolute Gasteiger partial charge is 0.273 e. The van der Waals surface area contributed by atoms with Crippen LogP contribution in [-0.4, -0.2) is 52.9 Å². The van der Waals surface area contributed by atoms with E-state index in [1.165, 1.54) is 24.0 Å². The molecule has 0 spiro atoms. The quantitative estimate of drug-likeness (QED) is 0.829. The van der Waals surface area contributed by atoms with Gasteiger partial charge in [0.25, 0.3) is 5.91 Å². The first-order valence-corrected chi connectivity index (χ1v) is 10.7. The van der Waals surface area contributed by atoms with Crippen molar-refractivity contribution in [3.05, 3.63) is 51.5 Å². The van der Waals surface area contributed by atoms with E-state index >= 15 is 0 Å². The second-order valence-electron chi connectivity index (χ2n) is 7.37. The van der Waals surface area contributed by atoms with Gasteiger partial charge in [-0.2, -0.15) is 0 Å². The molecule has 4 nitrogen and oxygen atoms in total. The molecule has 1 aromatic heterocycles. The first kappa shape index (κ1) is 17.7. The maximum atomic E-state index is 12.7. The minimum absolute atomic E-state index is 0.109. The summed E-state index contributed by atoms with van der Waals surface area (Å²) in [5, 5.41) is 3.01. The van der Waals surface area contributed by atoms with Crippen molar-refractivity contribution in [3.8, 4) is 0 Å². The van der Waals surface area contributed by atoms with E-state index in [1.54, 1.807) is 11.3 Å². The molecule has 1 atom stereocenters. The second-order valence-corrected chi connectivity index (χ2v) is 8.31. The topological polar surface area (TPSA) is 36.4 Å². The van der Waals surface area contributed by atoms with Crippen LogP contribution in [0.5, 0.6) is 0 Å². The third kappa shape index (κ3) is 3.69. The Balaban J connectivity index is 1.33. The molecule has 26 heavy (non-hydrogen) atoms. The molecule has 1 aromatic carbocycles. The van der Waals surface area contributed by atoms with E-state index in [0.717, 1.165) is 50.4 Å². The van der Waals surface area contributed by atoms with Gasteiger partial charge in [-0.05, 0) is 43.2 Å². The summed E-state index contributed by atoms with van der Waals surface area (Å²) in [6.45, 7) is 5.73. The van der Waals surface area contributed by atoms with Gasteiger partial charge in [0.05, 0.1) is 5.01 Å². The normalized spacial score (nSPS) is 20.8. The summed E-state index contributed by atoms with van der Waals surface area (Å²) in [5.41, 5.74) is 3.66. The van der Waals surface area contributed by atoms with E-state index in [1.807, 2.05) is 10.3 Å². The van der Waals surface area contributed by atoms with Crippen molar-refractivity contribution < 1.29 is 4.79 Å². The van der Waals surface area contributed by atoms with Crippen LogP contribution in [0.2, 0.25) is 0 Å². The van der Waals surface area contributed by atoms with Crippen molar-refractivity contribution in [3.63, 3.8) is 0 Å². The summed E-state index contributed by atoms with van der Waals surface area (Å²) >= 11 is 1.61. The van der Waals surface area contributed by atoms with Gasteiger partial charge in [0.2, 0.25) is 0 Å². The SMILES string of the molecule is CCCc1nc(C(=O)N2CCN([C@@H]3CCc4ccccc4C3)CC2)cs1. The molecule has 1 amide bonds. The number of amides is 1. The molecule has 2 heterocycles. The molecule has 2 aliphatic rings. The number of piperazine rings is 1. The average molecular weight is 370 g/mol. The van der Waals surface area contributed by atoms with Gasteiger partial charge < -0.3 is 4.90 Å².